The van der Waals surface area contributed by atoms with Gasteiger partial charge >= 0.3 is 0 Å². The van der Waals surface area contributed by atoms with Crippen LogP contribution in [0.2, 0.25) is 0 Å². The van der Waals surface area contributed by atoms with E-state index in [1.165, 1.54) is 0 Å². The van der Waals surface area contributed by atoms with Gasteiger partial charge in [0.05, 0.1) is 0 Å². The summed E-state index contributed by atoms with van der Waals surface area (Å²) in [7, 11) is -0.520. The van der Waals surface area contributed by atoms with Crippen LogP contribution in [-0.2, 0) is 10.8 Å². The van der Waals surface area contributed by atoms with Crippen molar-refractivity contribution in [2.45, 2.75) is 6.42 Å². The van der Waals surface area contributed by atoms with Crippen LogP contribution in [0.4, 0.5) is 0 Å². The zero-order valence-electron chi connectivity index (χ0n) is 4.85. The number of nitrogens with one attached hydrogen (secondary N) is 1. The summed E-state index contributed by atoms with van der Waals surface area (Å²) in [4.78, 5) is 0. The molecule has 0 spiro atoms. The van der Waals surface area contributed by atoms with Crippen molar-refractivity contribution in [2.24, 2.45) is 0 Å². The van der Waals surface area contributed by atoms with Crippen LogP contribution in [-0.4, -0.2) is 28.8 Å². The van der Waals surface area contributed by atoms with Crippen molar-refractivity contribution in [1.82, 2.24) is 5.32 Å². The summed E-state index contributed by atoms with van der Waals surface area (Å²) in [5.74, 6) is 1.74. The molecular formula is C5H11NOS. The standard InChI is InChI=1S/C5H11NOS/c7-8-4-1-2-6-3-5-8/h6H,1-5H2/t8-/m0/s1. The molecule has 0 saturated carbocycles. The average molecular weight is 133 g/mol. The molecule has 1 aliphatic rings. The lowest BCUT2D eigenvalue weighted by atomic mass is 10.5. The lowest BCUT2D eigenvalue weighted by molar-refractivity contribution is 0.683. The van der Waals surface area contributed by atoms with E-state index in [2.05, 4.69) is 5.32 Å². The van der Waals surface area contributed by atoms with E-state index in [9.17, 15) is 4.21 Å². The first-order valence-electron chi connectivity index (χ1n) is 2.95. The molecule has 2 nitrogen and oxygen atoms in total. The van der Waals surface area contributed by atoms with E-state index in [4.69, 9.17) is 0 Å². The lowest BCUT2D eigenvalue weighted by Gasteiger charge is -1.91. The van der Waals surface area contributed by atoms with Crippen LogP contribution >= 0.6 is 0 Å². The number of hydrogen-bond acceptors (Lipinski definition) is 2. The van der Waals surface area contributed by atoms with E-state index in [1.54, 1.807) is 0 Å². The van der Waals surface area contributed by atoms with E-state index in [0.29, 0.717) is 0 Å². The molecule has 1 saturated heterocycles. The van der Waals surface area contributed by atoms with Gasteiger partial charge in [0.2, 0.25) is 0 Å². The van der Waals surface area contributed by atoms with Crippen molar-refractivity contribution in [3.63, 3.8) is 0 Å². The molecule has 48 valence electrons. The molecule has 0 aromatic heterocycles. The highest BCUT2D eigenvalue weighted by molar-refractivity contribution is 7.85. The van der Waals surface area contributed by atoms with E-state index >= 15 is 0 Å². The summed E-state index contributed by atoms with van der Waals surface area (Å²) >= 11 is 0. The highest BCUT2D eigenvalue weighted by Crippen LogP contribution is 1.89. The van der Waals surface area contributed by atoms with Gasteiger partial charge in [-0.25, -0.2) is 0 Å². The zero-order valence-corrected chi connectivity index (χ0v) is 5.67. The summed E-state index contributed by atoms with van der Waals surface area (Å²) in [6, 6.07) is 0. The third kappa shape index (κ3) is 1.92. The van der Waals surface area contributed by atoms with E-state index in [0.717, 1.165) is 31.0 Å². The summed E-state index contributed by atoms with van der Waals surface area (Å²) in [6.45, 7) is 1.98. The Labute approximate surface area is 52.1 Å². The molecule has 3 heteroatoms. The molecule has 0 bridgehead atoms. The maximum atomic E-state index is 10.8. The molecule has 1 N–H and O–H groups in total. The molecule has 0 amide bonds. The van der Waals surface area contributed by atoms with Crippen LogP contribution in [0.1, 0.15) is 6.42 Å². The molecule has 0 aromatic rings. The topological polar surface area (TPSA) is 29.1 Å². The summed E-state index contributed by atoms with van der Waals surface area (Å²) < 4.78 is 10.8. The Morgan fingerprint density at radius 3 is 3.00 bits per heavy atom. The van der Waals surface area contributed by atoms with Crippen molar-refractivity contribution in [3.8, 4) is 0 Å². The van der Waals surface area contributed by atoms with Gasteiger partial charge in [-0.2, -0.15) is 0 Å². The molecule has 1 atom stereocenters. The van der Waals surface area contributed by atoms with Crippen LogP contribution in [0.5, 0.6) is 0 Å². The van der Waals surface area contributed by atoms with Gasteiger partial charge in [0.15, 0.2) is 0 Å². The maximum Gasteiger partial charge on any atom is 0.0360 e. The first-order chi connectivity index (χ1) is 3.89. The normalized spacial score (nSPS) is 31.8. The fourth-order valence-corrected chi connectivity index (χ4v) is 1.81. The molecule has 0 unspecified atom stereocenters. The molecule has 1 aliphatic heterocycles. The Kier molecular flexibility index (Phi) is 2.49. The average Bonchev–Trinajstić information content (AvgIpc) is 1.94. The molecule has 1 rings (SSSR count). The fourth-order valence-electron chi connectivity index (χ4n) is 0.771. The monoisotopic (exact) mass is 133 g/mol. The lowest BCUT2D eigenvalue weighted by Crippen LogP contribution is -2.16. The van der Waals surface area contributed by atoms with Crippen LogP contribution < -0.4 is 5.32 Å². The molecular weight excluding hydrogens is 122 g/mol. The van der Waals surface area contributed by atoms with Gasteiger partial charge in [-0.3, -0.25) is 4.21 Å². The van der Waals surface area contributed by atoms with Crippen LogP contribution in [0.3, 0.4) is 0 Å². The van der Waals surface area contributed by atoms with Gasteiger partial charge in [-0.15, -0.1) is 0 Å². The van der Waals surface area contributed by atoms with E-state index < -0.39 is 10.8 Å². The van der Waals surface area contributed by atoms with Crippen molar-refractivity contribution >= 4 is 10.8 Å². The van der Waals surface area contributed by atoms with Gasteiger partial charge in [-0.05, 0) is 13.0 Å². The molecule has 8 heavy (non-hydrogen) atoms. The van der Waals surface area contributed by atoms with Crippen molar-refractivity contribution in [2.75, 3.05) is 24.6 Å². The van der Waals surface area contributed by atoms with Crippen LogP contribution in [0.25, 0.3) is 0 Å². The first kappa shape index (κ1) is 6.23. The number of hydrogen-bond donors (Lipinski definition) is 1. The number of rotatable bonds is 0. The molecule has 0 radical (unpaired) electrons. The SMILES string of the molecule is O=[S@]1CCCNCC1. The minimum atomic E-state index is -0.520. The Hall–Kier alpha value is 0.110. The molecule has 0 aromatic carbocycles. The third-order valence-corrected chi connectivity index (χ3v) is 2.64. The van der Waals surface area contributed by atoms with Gasteiger partial charge < -0.3 is 5.32 Å². The van der Waals surface area contributed by atoms with Gasteiger partial charge in [0.1, 0.15) is 0 Å². The molecule has 0 aliphatic carbocycles. The first-order valence-corrected chi connectivity index (χ1v) is 4.44. The Bertz CT molecular complexity index is 84.4. The summed E-state index contributed by atoms with van der Waals surface area (Å²) in [5, 5.41) is 3.18. The second-order valence-corrected chi connectivity index (χ2v) is 3.65. The smallest absolute Gasteiger partial charge is 0.0360 e. The van der Waals surface area contributed by atoms with Gasteiger partial charge in [0.25, 0.3) is 0 Å². The van der Waals surface area contributed by atoms with Crippen molar-refractivity contribution < 1.29 is 4.21 Å². The summed E-state index contributed by atoms with van der Waals surface area (Å²) in [5.41, 5.74) is 0. The highest BCUT2D eigenvalue weighted by atomic mass is 32.2. The van der Waals surface area contributed by atoms with Crippen LogP contribution in [0.15, 0.2) is 0 Å². The van der Waals surface area contributed by atoms with Gasteiger partial charge in [0, 0.05) is 28.9 Å². The van der Waals surface area contributed by atoms with E-state index in [-0.39, 0.29) is 0 Å². The Morgan fingerprint density at radius 1 is 1.25 bits per heavy atom. The minimum Gasteiger partial charge on any atom is -0.316 e. The summed E-state index contributed by atoms with van der Waals surface area (Å²) in [6.07, 6.45) is 1.08. The maximum absolute atomic E-state index is 10.8. The zero-order chi connectivity index (χ0) is 5.82. The van der Waals surface area contributed by atoms with E-state index in [1.807, 2.05) is 0 Å². The van der Waals surface area contributed by atoms with Gasteiger partial charge in [-0.1, -0.05) is 0 Å². The molecule has 1 heterocycles. The largest absolute Gasteiger partial charge is 0.316 e. The Balaban J connectivity index is 2.27. The van der Waals surface area contributed by atoms with Crippen molar-refractivity contribution in [3.05, 3.63) is 0 Å². The highest BCUT2D eigenvalue weighted by Gasteiger charge is 2.02. The van der Waals surface area contributed by atoms with Crippen LogP contribution in [0, 0.1) is 0 Å². The Morgan fingerprint density at radius 2 is 2.12 bits per heavy atom. The van der Waals surface area contributed by atoms with Crippen molar-refractivity contribution in [1.29, 1.82) is 0 Å². The third-order valence-electron chi connectivity index (χ3n) is 1.23. The predicted molar refractivity (Wildman–Crippen MR) is 35.4 cm³/mol. The molecule has 1 fully saturated rings. The second-order valence-electron chi connectivity index (χ2n) is 1.95. The predicted octanol–water partition coefficient (Wildman–Crippen LogP) is -0.272. The quantitative estimate of drug-likeness (QED) is 0.493. The fraction of sp³-hybridized carbons (Fsp3) is 1.00. The minimum absolute atomic E-state index is 0.520. The second kappa shape index (κ2) is 3.20.